The van der Waals surface area contributed by atoms with Gasteiger partial charge in [-0.3, -0.25) is 4.79 Å². The number of ketones is 1. The van der Waals surface area contributed by atoms with Gasteiger partial charge < -0.3 is 4.90 Å². The predicted molar refractivity (Wildman–Crippen MR) is 99.6 cm³/mol. The van der Waals surface area contributed by atoms with E-state index < -0.39 is 11.6 Å². The van der Waals surface area contributed by atoms with Crippen LogP contribution in [0.5, 0.6) is 0 Å². The first-order valence-corrected chi connectivity index (χ1v) is 8.80. The van der Waals surface area contributed by atoms with Crippen molar-refractivity contribution in [3.05, 3.63) is 62.8 Å². The Hall–Kier alpha value is -2.02. The fourth-order valence-corrected chi connectivity index (χ4v) is 3.10. The molecule has 0 amide bonds. The molecule has 3 rings (SSSR count). The highest BCUT2D eigenvalue weighted by molar-refractivity contribution is 6.30. The highest BCUT2D eigenvalue weighted by atomic mass is 35.5. The van der Waals surface area contributed by atoms with E-state index in [9.17, 15) is 9.18 Å². The summed E-state index contributed by atoms with van der Waals surface area (Å²) in [6.07, 6.45) is 0. The van der Waals surface area contributed by atoms with Crippen molar-refractivity contribution < 1.29 is 9.18 Å². The summed E-state index contributed by atoms with van der Waals surface area (Å²) >= 11 is 11.9. The normalized spacial score (nSPS) is 11.5. The van der Waals surface area contributed by atoms with E-state index >= 15 is 0 Å². The van der Waals surface area contributed by atoms with Crippen LogP contribution in [0.15, 0.2) is 24.3 Å². The summed E-state index contributed by atoms with van der Waals surface area (Å²) in [5.74, 6) is -1.21. The third kappa shape index (κ3) is 3.45. The van der Waals surface area contributed by atoms with Crippen molar-refractivity contribution >= 4 is 34.6 Å². The minimum absolute atomic E-state index is 0.0895. The SMILES string of the molecule is CCN(C)Cc1cc(Cl)nn2c(C(=O)c3ccc(Cl)cc3F)c(C)nc12. The molecule has 0 unspecified atom stereocenters. The number of nitrogens with zero attached hydrogens (tertiary/aromatic N) is 4. The Morgan fingerprint density at radius 2 is 2.04 bits per heavy atom. The first-order chi connectivity index (χ1) is 12.3. The molecule has 2 heterocycles. The Morgan fingerprint density at radius 3 is 2.69 bits per heavy atom. The Balaban J connectivity index is 2.17. The number of halogens is 3. The Labute approximate surface area is 160 Å². The number of rotatable bonds is 5. The van der Waals surface area contributed by atoms with Gasteiger partial charge in [0.2, 0.25) is 5.78 Å². The first-order valence-electron chi connectivity index (χ1n) is 8.04. The number of carbonyl (C=O) groups is 1. The van der Waals surface area contributed by atoms with E-state index in [1.54, 1.807) is 13.0 Å². The summed E-state index contributed by atoms with van der Waals surface area (Å²) in [6, 6.07) is 5.66. The van der Waals surface area contributed by atoms with E-state index in [2.05, 4.69) is 15.0 Å². The molecule has 0 aliphatic heterocycles. The molecule has 0 saturated heterocycles. The maximum Gasteiger partial charge on any atom is 0.216 e. The zero-order chi connectivity index (χ0) is 19.0. The Kier molecular flexibility index (Phi) is 5.27. The van der Waals surface area contributed by atoms with E-state index in [0.717, 1.165) is 18.2 Å². The van der Waals surface area contributed by atoms with Gasteiger partial charge in [-0.2, -0.15) is 5.10 Å². The quantitative estimate of drug-likeness (QED) is 0.609. The van der Waals surface area contributed by atoms with Gasteiger partial charge in [0.25, 0.3) is 0 Å². The van der Waals surface area contributed by atoms with Gasteiger partial charge in [-0.15, -0.1) is 0 Å². The number of carbonyl (C=O) groups excluding carboxylic acids is 1. The summed E-state index contributed by atoms with van der Waals surface area (Å²) < 4.78 is 15.6. The lowest BCUT2D eigenvalue weighted by molar-refractivity contribution is 0.102. The average molecular weight is 395 g/mol. The minimum Gasteiger partial charge on any atom is -0.302 e. The minimum atomic E-state index is -0.690. The second-order valence-corrected chi connectivity index (χ2v) is 6.88. The van der Waals surface area contributed by atoms with Crippen LogP contribution in [0.4, 0.5) is 4.39 Å². The van der Waals surface area contributed by atoms with Crippen LogP contribution in [0.2, 0.25) is 10.2 Å². The number of fused-ring (bicyclic) bond motifs is 1. The number of aryl methyl sites for hydroxylation is 1. The Bertz CT molecular complexity index is 1000. The number of imidazole rings is 1. The highest BCUT2D eigenvalue weighted by Crippen LogP contribution is 2.23. The number of hydrogen-bond donors (Lipinski definition) is 0. The van der Waals surface area contributed by atoms with Crippen molar-refractivity contribution in [3.63, 3.8) is 0 Å². The fourth-order valence-electron chi connectivity index (χ4n) is 2.74. The lowest BCUT2D eigenvalue weighted by Crippen LogP contribution is -2.18. The van der Waals surface area contributed by atoms with E-state index in [0.29, 0.717) is 17.9 Å². The second kappa shape index (κ2) is 7.31. The molecule has 0 N–H and O–H groups in total. The molecule has 5 nitrogen and oxygen atoms in total. The van der Waals surface area contributed by atoms with Gasteiger partial charge in [-0.05, 0) is 44.8 Å². The molecule has 0 aliphatic rings. The van der Waals surface area contributed by atoms with Crippen LogP contribution in [-0.4, -0.2) is 38.9 Å². The van der Waals surface area contributed by atoms with Crippen molar-refractivity contribution in [2.24, 2.45) is 0 Å². The van der Waals surface area contributed by atoms with Crippen LogP contribution in [-0.2, 0) is 6.54 Å². The smallest absolute Gasteiger partial charge is 0.216 e. The van der Waals surface area contributed by atoms with E-state index in [1.807, 2.05) is 14.0 Å². The largest absolute Gasteiger partial charge is 0.302 e. The van der Waals surface area contributed by atoms with E-state index in [4.69, 9.17) is 23.2 Å². The van der Waals surface area contributed by atoms with Crippen molar-refractivity contribution in [2.75, 3.05) is 13.6 Å². The molecule has 26 heavy (non-hydrogen) atoms. The third-order valence-corrected chi connectivity index (χ3v) is 4.60. The fraction of sp³-hybridized carbons (Fsp3) is 0.278. The number of benzene rings is 1. The predicted octanol–water partition coefficient (Wildman–Crippen LogP) is 4.17. The third-order valence-electron chi connectivity index (χ3n) is 4.18. The van der Waals surface area contributed by atoms with Crippen LogP contribution in [0, 0.1) is 12.7 Å². The van der Waals surface area contributed by atoms with Crippen molar-refractivity contribution in [3.8, 4) is 0 Å². The van der Waals surface area contributed by atoms with Crippen LogP contribution >= 0.6 is 23.2 Å². The molecular weight excluding hydrogens is 378 g/mol. The van der Waals surface area contributed by atoms with Crippen molar-refractivity contribution in [1.82, 2.24) is 19.5 Å². The topological polar surface area (TPSA) is 50.5 Å². The number of hydrogen-bond acceptors (Lipinski definition) is 4. The average Bonchev–Trinajstić information content (AvgIpc) is 2.90. The molecule has 0 radical (unpaired) electrons. The molecule has 2 aromatic heterocycles. The zero-order valence-corrected chi connectivity index (χ0v) is 16.1. The summed E-state index contributed by atoms with van der Waals surface area (Å²) in [5, 5.41) is 4.67. The molecular formula is C18H17Cl2FN4O. The van der Waals surface area contributed by atoms with Crippen LogP contribution in [0.1, 0.15) is 34.2 Å². The lowest BCUT2D eigenvalue weighted by atomic mass is 10.1. The van der Waals surface area contributed by atoms with Crippen LogP contribution in [0.25, 0.3) is 5.65 Å². The van der Waals surface area contributed by atoms with Gasteiger partial charge in [0.15, 0.2) is 10.8 Å². The molecule has 0 bridgehead atoms. The van der Waals surface area contributed by atoms with Gasteiger partial charge in [0.1, 0.15) is 11.5 Å². The molecule has 3 aromatic rings. The van der Waals surface area contributed by atoms with Crippen LogP contribution < -0.4 is 0 Å². The van der Waals surface area contributed by atoms with E-state index in [1.165, 1.54) is 16.6 Å². The molecule has 1 aromatic carbocycles. The molecule has 0 fully saturated rings. The van der Waals surface area contributed by atoms with Crippen molar-refractivity contribution in [1.29, 1.82) is 0 Å². The monoisotopic (exact) mass is 394 g/mol. The molecule has 0 atom stereocenters. The summed E-state index contributed by atoms with van der Waals surface area (Å²) in [7, 11) is 1.97. The second-order valence-electron chi connectivity index (χ2n) is 6.06. The summed E-state index contributed by atoms with van der Waals surface area (Å²) in [4.78, 5) is 19.5. The lowest BCUT2D eigenvalue weighted by Gasteiger charge is -2.14. The molecule has 8 heteroatoms. The molecule has 136 valence electrons. The van der Waals surface area contributed by atoms with Gasteiger partial charge in [0, 0.05) is 17.1 Å². The number of aromatic nitrogens is 3. The van der Waals surface area contributed by atoms with Gasteiger partial charge >= 0.3 is 0 Å². The first kappa shape index (κ1) is 18.8. The molecule has 0 spiro atoms. The van der Waals surface area contributed by atoms with Gasteiger partial charge in [-0.25, -0.2) is 13.9 Å². The maximum atomic E-state index is 14.2. The molecule has 0 aliphatic carbocycles. The van der Waals surface area contributed by atoms with Gasteiger partial charge in [0.05, 0.1) is 11.3 Å². The summed E-state index contributed by atoms with van der Waals surface area (Å²) in [5.41, 5.74) is 1.93. The standard InChI is InChI=1S/C18H17Cl2FN4O/c1-4-24(3)9-11-7-15(20)23-25-16(10(2)22-18(11)25)17(26)13-6-5-12(19)8-14(13)21/h5-8H,4,9H2,1-3H3. The molecule has 0 saturated carbocycles. The highest BCUT2D eigenvalue weighted by Gasteiger charge is 2.24. The summed E-state index contributed by atoms with van der Waals surface area (Å²) in [6.45, 7) is 5.17. The van der Waals surface area contributed by atoms with Crippen LogP contribution in [0.3, 0.4) is 0 Å². The Morgan fingerprint density at radius 1 is 1.31 bits per heavy atom. The maximum absolute atomic E-state index is 14.2. The van der Waals surface area contributed by atoms with Crippen molar-refractivity contribution in [2.45, 2.75) is 20.4 Å². The van der Waals surface area contributed by atoms with E-state index in [-0.39, 0.29) is 21.4 Å². The zero-order valence-electron chi connectivity index (χ0n) is 14.6. The van der Waals surface area contributed by atoms with Gasteiger partial charge in [-0.1, -0.05) is 30.1 Å².